The molecule has 2 nitrogen and oxygen atoms in total. The van der Waals surface area contributed by atoms with Gasteiger partial charge in [0.15, 0.2) is 0 Å². The molecule has 2 heteroatoms. The summed E-state index contributed by atoms with van der Waals surface area (Å²) in [6.45, 7) is 17.3. The quantitative estimate of drug-likeness (QED) is 0.467. The fraction of sp³-hybridized carbons (Fsp3) is 0.846. The normalized spacial score (nSPS) is 13.1. The molecule has 0 bridgehead atoms. The van der Waals surface area contributed by atoms with Crippen molar-refractivity contribution in [3.63, 3.8) is 0 Å². The number of likely N-dealkylation sites (N-methyl/N-ethyl adjacent to an activating group) is 1. The highest BCUT2D eigenvalue weighted by atomic mass is 15.1. The van der Waals surface area contributed by atoms with Crippen LogP contribution in [-0.2, 0) is 0 Å². The Morgan fingerprint density at radius 1 is 1.33 bits per heavy atom. The fourth-order valence-corrected chi connectivity index (χ4v) is 1.62. The van der Waals surface area contributed by atoms with Gasteiger partial charge in [-0.1, -0.05) is 27.4 Å². The standard InChI is InChI=1S/C13H28N2/c1-6-9-14-10-12(4)11-15(8-3)13(5)7-2/h13-14H,4,6-11H2,1-3,5H3. The van der Waals surface area contributed by atoms with E-state index in [1.807, 2.05) is 0 Å². The van der Waals surface area contributed by atoms with Crippen LogP contribution in [0.4, 0.5) is 0 Å². The van der Waals surface area contributed by atoms with Crippen LogP contribution < -0.4 is 5.32 Å². The molecule has 0 amide bonds. The monoisotopic (exact) mass is 212 g/mol. The van der Waals surface area contributed by atoms with Crippen molar-refractivity contribution >= 4 is 0 Å². The molecule has 90 valence electrons. The zero-order valence-corrected chi connectivity index (χ0v) is 11.0. The molecule has 0 radical (unpaired) electrons. The zero-order valence-electron chi connectivity index (χ0n) is 11.0. The van der Waals surface area contributed by atoms with Gasteiger partial charge in [-0.25, -0.2) is 0 Å². The molecule has 1 N–H and O–H groups in total. The predicted molar refractivity (Wildman–Crippen MR) is 69.3 cm³/mol. The van der Waals surface area contributed by atoms with Crippen molar-refractivity contribution in [2.24, 2.45) is 0 Å². The highest BCUT2D eigenvalue weighted by molar-refractivity contribution is 5.00. The molecule has 15 heavy (non-hydrogen) atoms. The molecule has 0 aromatic carbocycles. The summed E-state index contributed by atoms with van der Waals surface area (Å²) in [5.41, 5.74) is 1.30. The van der Waals surface area contributed by atoms with Crippen molar-refractivity contribution in [1.82, 2.24) is 10.2 Å². The summed E-state index contributed by atoms with van der Waals surface area (Å²) in [5.74, 6) is 0. The van der Waals surface area contributed by atoms with Gasteiger partial charge in [-0.2, -0.15) is 0 Å². The van der Waals surface area contributed by atoms with Crippen molar-refractivity contribution < 1.29 is 0 Å². The molecule has 0 aliphatic carbocycles. The number of nitrogens with zero attached hydrogens (tertiary/aromatic N) is 1. The van der Waals surface area contributed by atoms with Crippen molar-refractivity contribution in [3.05, 3.63) is 12.2 Å². The summed E-state index contributed by atoms with van der Waals surface area (Å²) in [6.07, 6.45) is 2.40. The Morgan fingerprint density at radius 2 is 2.00 bits per heavy atom. The first-order valence-electron chi connectivity index (χ1n) is 6.27. The van der Waals surface area contributed by atoms with E-state index in [9.17, 15) is 0 Å². The van der Waals surface area contributed by atoms with Crippen LogP contribution >= 0.6 is 0 Å². The Labute approximate surface area is 95.7 Å². The molecular formula is C13H28N2. The van der Waals surface area contributed by atoms with E-state index in [1.54, 1.807) is 0 Å². The van der Waals surface area contributed by atoms with Crippen LogP contribution in [0.2, 0.25) is 0 Å². The maximum Gasteiger partial charge on any atom is 0.0205 e. The number of rotatable bonds is 9. The maximum atomic E-state index is 4.13. The number of hydrogen-bond acceptors (Lipinski definition) is 2. The second kappa shape index (κ2) is 8.93. The van der Waals surface area contributed by atoms with Gasteiger partial charge in [0.25, 0.3) is 0 Å². The van der Waals surface area contributed by atoms with Gasteiger partial charge in [-0.15, -0.1) is 0 Å². The van der Waals surface area contributed by atoms with E-state index >= 15 is 0 Å². The zero-order chi connectivity index (χ0) is 11.7. The predicted octanol–water partition coefficient (Wildman–Crippen LogP) is 2.66. The van der Waals surface area contributed by atoms with E-state index in [-0.39, 0.29) is 0 Å². The summed E-state index contributed by atoms with van der Waals surface area (Å²) in [7, 11) is 0. The minimum Gasteiger partial charge on any atom is -0.313 e. The molecule has 0 aromatic heterocycles. The fourth-order valence-electron chi connectivity index (χ4n) is 1.62. The molecule has 0 spiro atoms. The minimum absolute atomic E-state index is 0.665. The maximum absolute atomic E-state index is 4.13. The lowest BCUT2D eigenvalue weighted by Gasteiger charge is -2.27. The van der Waals surface area contributed by atoms with Crippen LogP contribution in [0, 0.1) is 0 Å². The summed E-state index contributed by atoms with van der Waals surface area (Å²) < 4.78 is 0. The Bertz CT molecular complexity index is 166. The third-order valence-electron chi connectivity index (χ3n) is 2.85. The molecular weight excluding hydrogens is 184 g/mol. The Balaban J connectivity index is 3.80. The van der Waals surface area contributed by atoms with Crippen LogP contribution in [-0.4, -0.2) is 37.1 Å². The van der Waals surface area contributed by atoms with Crippen molar-refractivity contribution in [3.8, 4) is 0 Å². The molecule has 0 aromatic rings. The molecule has 0 aliphatic rings. The van der Waals surface area contributed by atoms with Crippen LogP contribution in [0.1, 0.15) is 40.5 Å². The van der Waals surface area contributed by atoms with Gasteiger partial charge in [-0.05, 0) is 38.4 Å². The first-order valence-corrected chi connectivity index (χ1v) is 6.27. The third-order valence-corrected chi connectivity index (χ3v) is 2.85. The van der Waals surface area contributed by atoms with Crippen molar-refractivity contribution in [1.29, 1.82) is 0 Å². The van der Waals surface area contributed by atoms with E-state index in [2.05, 4.69) is 44.5 Å². The summed E-state index contributed by atoms with van der Waals surface area (Å²) in [4.78, 5) is 2.48. The van der Waals surface area contributed by atoms with Crippen molar-refractivity contribution in [2.75, 3.05) is 26.2 Å². The second-order valence-corrected chi connectivity index (χ2v) is 4.25. The summed E-state index contributed by atoms with van der Waals surface area (Å²) >= 11 is 0. The molecule has 0 saturated carbocycles. The second-order valence-electron chi connectivity index (χ2n) is 4.25. The smallest absolute Gasteiger partial charge is 0.0205 e. The van der Waals surface area contributed by atoms with Crippen LogP contribution in [0.3, 0.4) is 0 Å². The van der Waals surface area contributed by atoms with E-state index in [0.717, 1.165) is 26.2 Å². The van der Waals surface area contributed by atoms with E-state index in [4.69, 9.17) is 0 Å². The first-order chi connectivity index (χ1) is 7.15. The lowest BCUT2D eigenvalue weighted by molar-refractivity contribution is 0.232. The van der Waals surface area contributed by atoms with Gasteiger partial charge in [0, 0.05) is 19.1 Å². The molecule has 0 rings (SSSR count). The van der Waals surface area contributed by atoms with Gasteiger partial charge in [-0.3, -0.25) is 4.90 Å². The average Bonchev–Trinajstić information content (AvgIpc) is 2.25. The summed E-state index contributed by atoms with van der Waals surface area (Å²) in [5, 5.41) is 3.40. The highest BCUT2D eigenvalue weighted by Crippen LogP contribution is 2.05. The van der Waals surface area contributed by atoms with Gasteiger partial charge >= 0.3 is 0 Å². The van der Waals surface area contributed by atoms with Crippen LogP contribution in [0.25, 0.3) is 0 Å². The number of hydrogen-bond donors (Lipinski definition) is 1. The largest absolute Gasteiger partial charge is 0.313 e. The van der Waals surface area contributed by atoms with E-state index < -0.39 is 0 Å². The Morgan fingerprint density at radius 3 is 2.47 bits per heavy atom. The summed E-state index contributed by atoms with van der Waals surface area (Å²) in [6, 6.07) is 0.665. The molecule has 0 heterocycles. The average molecular weight is 212 g/mol. The molecule has 1 unspecified atom stereocenters. The van der Waals surface area contributed by atoms with Gasteiger partial charge in [0.2, 0.25) is 0 Å². The molecule has 0 fully saturated rings. The lowest BCUT2D eigenvalue weighted by atomic mass is 10.2. The lowest BCUT2D eigenvalue weighted by Crippen LogP contribution is -2.35. The van der Waals surface area contributed by atoms with E-state index in [1.165, 1.54) is 18.4 Å². The van der Waals surface area contributed by atoms with E-state index in [0.29, 0.717) is 6.04 Å². The van der Waals surface area contributed by atoms with Gasteiger partial charge < -0.3 is 5.32 Å². The molecule has 0 aliphatic heterocycles. The topological polar surface area (TPSA) is 15.3 Å². The molecule has 1 atom stereocenters. The van der Waals surface area contributed by atoms with Gasteiger partial charge in [0.05, 0.1) is 0 Å². The third kappa shape index (κ3) is 6.69. The first kappa shape index (κ1) is 14.7. The Kier molecular flexibility index (Phi) is 8.73. The van der Waals surface area contributed by atoms with Gasteiger partial charge in [0.1, 0.15) is 0 Å². The molecule has 0 saturated heterocycles. The van der Waals surface area contributed by atoms with Crippen molar-refractivity contribution in [2.45, 2.75) is 46.6 Å². The number of nitrogens with one attached hydrogen (secondary N) is 1. The minimum atomic E-state index is 0.665. The SMILES string of the molecule is C=C(CNCCC)CN(CC)C(C)CC. The van der Waals surface area contributed by atoms with Crippen LogP contribution in [0.5, 0.6) is 0 Å². The Hall–Kier alpha value is -0.340. The highest BCUT2D eigenvalue weighted by Gasteiger charge is 2.10. The van der Waals surface area contributed by atoms with Crippen LogP contribution in [0.15, 0.2) is 12.2 Å².